The van der Waals surface area contributed by atoms with Crippen LogP contribution < -0.4 is 10.6 Å². The molecule has 3 saturated carbocycles. The Labute approximate surface area is 300 Å². The number of rotatable bonds is 1. The van der Waals surface area contributed by atoms with Gasteiger partial charge in [0.1, 0.15) is 40.9 Å². The lowest BCUT2D eigenvalue weighted by Crippen LogP contribution is -2.71. The first kappa shape index (κ1) is 34.5. The number of hydrogen-bond donors (Lipinski definition) is 7. The predicted molar refractivity (Wildman–Crippen MR) is 186 cm³/mol. The average molecular weight is 731 g/mol. The largest absolute Gasteiger partial charge is 0.511 e. The van der Waals surface area contributed by atoms with Gasteiger partial charge in [0.25, 0.3) is 0 Å². The maximum absolute atomic E-state index is 15.0. The van der Waals surface area contributed by atoms with Gasteiger partial charge in [-0.2, -0.15) is 0 Å². The molecule has 0 aromatic rings. The lowest BCUT2D eigenvalue weighted by molar-refractivity contribution is -0.351. The number of carbonyl (C=O) groups is 2. The zero-order valence-corrected chi connectivity index (χ0v) is 30.0. The van der Waals surface area contributed by atoms with Crippen molar-refractivity contribution in [2.24, 2.45) is 46.3 Å². The zero-order chi connectivity index (χ0) is 34.7. The van der Waals surface area contributed by atoms with Crippen LogP contribution in [0.1, 0.15) is 64.7 Å². The molecule has 6 aliphatic heterocycles. The van der Waals surface area contributed by atoms with Crippen molar-refractivity contribution in [1.82, 2.24) is 10.6 Å². The van der Waals surface area contributed by atoms with Gasteiger partial charge in [0, 0.05) is 17.6 Å². The van der Waals surface area contributed by atoms with Crippen LogP contribution >= 0.6 is 21.6 Å². The van der Waals surface area contributed by atoms with E-state index < -0.39 is 66.1 Å². The van der Waals surface area contributed by atoms with Gasteiger partial charge in [-0.1, -0.05) is 57.7 Å². The summed E-state index contributed by atoms with van der Waals surface area (Å²) in [6.45, 7) is 2.03. The van der Waals surface area contributed by atoms with Crippen LogP contribution in [0.3, 0.4) is 0 Å². The Morgan fingerprint density at radius 1 is 1.04 bits per heavy atom. The number of aliphatic hydroxyl groups excluding tert-OH is 4. The van der Waals surface area contributed by atoms with Gasteiger partial charge in [0.15, 0.2) is 12.1 Å². The van der Waals surface area contributed by atoms with E-state index in [0.717, 1.165) is 44.2 Å². The van der Waals surface area contributed by atoms with E-state index in [1.54, 1.807) is 16.9 Å². The van der Waals surface area contributed by atoms with Crippen LogP contribution in [0, 0.1) is 46.3 Å². The molecule has 6 heterocycles. The van der Waals surface area contributed by atoms with Crippen molar-refractivity contribution in [1.29, 1.82) is 0 Å². The molecule has 5 saturated heterocycles. The molecule has 0 amide bonds. The minimum Gasteiger partial charge on any atom is -0.511 e. The van der Waals surface area contributed by atoms with E-state index in [9.17, 15) is 30.3 Å². The summed E-state index contributed by atoms with van der Waals surface area (Å²) < 4.78 is 12.6. The Morgan fingerprint density at radius 2 is 1.88 bits per heavy atom. The molecule has 0 aromatic heterocycles. The second-order valence-electron chi connectivity index (χ2n) is 16.7. The Balaban J connectivity index is 1.18. The van der Waals surface area contributed by atoms with Crippen LogP contribution in [0.25, 0.3) is 0 Å². The standard InChI is InChI=1S/C37H50N2O9S2/c1-17-10-22-29(42)20-5-2-6-23-28(20)31(44)36(22,25(41)11-17)16-49-50-26-13-18-12-19-4-3-8-35(19,21-7-9-38-33(39-26)27(18)21)15-37(46)30(43)24(14-40)48-34(47-23)32(37)45/h10-12,19-24,26-28,30,32-34,38-41,43,45-46H,2-9,13-16H2,1H3/t19-,20?,21?,22-,23?,24+,26-,27?,28?,30+,32-,33?,34+,35-,36-,37+/m0/s1. The van der Waals surface area contributed by atoms with Crippen molar-refractivity contribution in [3.8, 4) is 0 Å². The third-order valence-electron chi connectivity index (χ3n) is 14.4. The van der Waals surface area contributed by atoms with Gasteiger partial charge < -0.3 is 40.3 Å². The van der Waals surface area contributed by atoms with Crippen molar-refractivity contribution in [2.75, 3.05) is 18.9 Å². The molecule has 0 radical (unpaired) electrons. The lowest BCUT2D eigenvalue weighted by atomic mass is 9.51. The van der Waals surface area contributed by atoms with E-state index in [0.29, 0.717) is 19.3 Å². The molecule has 0 aromatic carbocycles. The van der Waals surface area contributed by atoms with Gasteiger partial charge in [-0.3, -0.25) is 14.9 Å². The normalized spacial score (nSPS) is 53.0. The SMILES string of the molecule is CC1=C[C@H]2C(=O)C3CCCC4O[C@@H]5O[C@H](CO)[C@@H](O)[C@](O)(C[C@@]67CCC[C@H]6C=C6C[C@@H](NC8NCCC7C68)SSC[C@@]2(C(=O)C43)C(O)=C1)[C@H]5O. The molecular weight excluding hydrogens is 681 g/mol. The first-order valence-corrected chi connectivity index (χ1v) is 21.1. The highest BCUT2D eigenvalue weighted by Gasteiger charge is 2.67. The molecule has 2 spiro atoms. The summed E-state index contributed by atoms with van der Waals surface area (Å²) in [5.41, 5.74) is -1.78. The number of ether oxygens (including phenoxy) is 2. The fraction of sp³-hybridized carbons (Fsp3) is 0.784. The monoisotopic (exact) mass is 730 g/mol. The molecule has 11 aliphatic rings. The quantitative estimate of drug-likeness (QED) is 0.155. The summed E-state index contributed by atoms with van der Waals surface area (Å²) in [6, 6.07) is 0. The number of aliphatic hydroxyl groups is 5. The number of carbonyl (C=O) groups excluding carboxylic acids is 2. The summed E-state index contributed by atoms with van der Waals surface area (Å²) in [5, 5.41) is 66.2. The third kappa shape index (κ3) is 4.80. The molecular formula is C37H50N2O9S2. The predicted octanol–water partition coefficient (Wildman–Crippen LogP) is 2.50. The second kappa shape index (κ2) is 12.4. The number of piperidine rings is 2. The molecule has 10 bridgehead atoms. The Hall–Kier alpha value is -1.26. The van der Waals surface area contributed by atoms with Crippen molar-refractivity contribution in [2.45, 2.75) is 113 Å². The molecule has 274 valence electrons. The fourth-order valence-corrected chi connectivity index (χ4v) is 15.2. The van der Waals surface area contributed by atoms with Gasteiger partial charge in [-0.05, 0) is 81.7 Å². The van der Waals surface area contributed by atoms with E-state index in [1.165, 1.54) is 16.4 Å². The molecule has 50 heavy (non-hydrogen) atoms. The van der Waals surface area contributed by atoms with Gasteiger partial charge in [0.05, 0.1) is 36.1 Å². The average Bonchev–Trinajstić information content (AvgIpc) is 3.51. The summed E-state index contributed by atoms with van der Waals surface area (Å²) >= 11 is 0. The topological polar surface area (TPSA) is 178 Å². The molecule has 13 heteroatoms. The molecule has 16 atom stereocenters. The molecule has 5 aliphatic carbocycles. The van der Waals surface area contributed by atoms with Crippen molar-refractivity contribution >= 4 is 33.2 Å². The van der Waals surface area contributed by atoms with Gasteiger partial charge in [0.2, 0.25) is 0 Å². The van der Waals surface area contributed by atoms with Crippen LogP contribution in [0.4, 0.5) is 0 Å². The second-order valence-corrected chi connectivity index (χ2v) is 19.3. The minimum atomic E-state index is -2.06. The Kier molecular flexibility index (Phi) is 8.55. The van der Waals surface area contributed by atoms with E-state index in [1.807, 2.05) is 13.0 Å². The molecule has 11 rings (SSSR count). The van der Waals surface area contributed by atoms with Crippen LogP contribution in [0.5, 0.6) is 0 Å². The Bertz CT molecular complexity index is 1540. The van der Waals surface area contributed by atoms with Gasteiger partial charge >= 0.3 is 0 Å². The molecule has 8 fully saturated rings. The van der Waals surface area contributed by atoms with Crippen LogP contribution in [-0.2, 0) is 19.1 Å². The fourth-order valence-electron chi connectivity index (χ4n) is 12.2. The van der Waals surface area contributed by atoms with Crippen molar-refractivity contribution < 1.29 is 44.6 Å². The van der Waals surface area contributed by atoms with E-state index >= 15 is 4.79 Å². The molecule has 6 unspecified atom stereocenters. The summed E-state index contributed by atoms with van der Waals surface area (Å²) in [5.74, 6) is -1.97. The highest BCUT2D eigenvalue weighted by atomic mass is 33.1. The summed E-state index contributed by atoms with van der Waals surface area (Å²) in [4.78, 5) is 29.4. The number of hydrogen-bond acceptors (Lipinski definition) is 13. The lowest BCUT2D eigenvalue weighted by Gasteiger charge is -2.60. The first-order valence-electron chi connectivity index (χ1n) is 18.7. The van der Waals surface area contributed by atoms with E-state index in [2.05, 4.69) is 16.7 Å². The van der Waals surface area contributed by atoms with Crippen molar-refractivity contribution in [3.05, 3.63) is 35.1 Å². The molecule has 11 nitrogen and oxygen atoms in total. The highest BCUT2D eigenvalue weighted by molar-refractivity contribution is 8.76. The van der Waals surface area contributed by atoms with Crippen LogP contribution in [0.15, 0.2) is 35.1 Å². The third-order valence-corrected chi connectivity index (χ3v) is 17.1. The van der Waals surface area contributed by atoms with E-state index in [-0.39, 0.29) is 64.2 Å². The van der Waals surface area contributed by atoms with Crippen LogP contribution in [-0.4, -0.2) is 104 Å². The first-order chi connectivity index (χ1) is 24.0. The maximum atomic E-state index is 15.0. The Morgan fingerprint density at radius 3 is 2.70 bits per heavy atom. The molecule has 7 N–H and O–H groups in total. The number of allylic oxidation sites excluding steroid dienone is 5. The number of nitrogens with one attached hydrogen (secondary N) is 2. The van der Waals surface area contributed by atoms with Crippen molar-refractivity contribution in [3.63, 3.8) is 0 Å². The minimum absolute atomic E-state index is 0.00858. The van der Waals surface area contributed by atoms with E-state index in [4.69, 9.17) is 9.47 Å². The smallest absolute Gasteiger partial charge is 0.187 e. The number of Topliss-reactive ketones (excluding diaryl/α,β-unsaturated/α-hetero) is 2. The highest BCUT2D eigenvalue weighted by Crippen LogP contribution is 2.64. The maximum Gasteiger partial charge on any atom is 0.187 e. The summed E-state index contributed by atoms with van der Waals surface area (Å²) in [7, 11) is 3.20. The van der Waals surface area contributed by atoms with Crippen LogP contribution in [0.2, 0.25) is 0 Å². The number of ketones is 2. The van der Waals surface area contributed by atoms with Gasteiger partial charge in [-0.15, -0.1) is 0 Å². The summed E-state index contributed by atoms with van der Waals surface area (Å²) in [6.07, 6.45) is 5.30. The van der Waals surface area contributed by atoms with Gasteiger partial charge in [-0.25, -0.2) is 0 Å². The zero-order valence-electron chi connectivity index (χ0n) is 28.4.